The standard InChI is InChI=1S/C13H19N3O4S.ClH/c1-14-9-11-4-3-7-15(10-11)21(19,20)13-6-2-5-12(8-13)16(17)18;/h2,5-6,8,11,14H,3-4,7,9-10H2,1H3;1H. The summed E-state index contributed by atoms with van der Waals surface area (Å²) < 4.78 is 26.6. The fourth-order valence-corrected chi connectivity index (χ4v) is 4.20. The molecular formula is C13H20ClN3O4S. The number of nitrogens with one attached hydrogen (secondary N) is 1. The molecule has 0 spiro atoms. The van der Waals surface area contributed by atoms with Gasteiger partial charge in [-0.3, -0.25) is 10.1 Å². The van der Waals surface area contributed by atoms with Gasteiger partial charge in [0.1, 0.15) is 0 Å². The highest BCUT2D eigenvalue weighted by Gasteiger charge is 2.30. The van der Waals surface area contributed by atoms with Gasteiger partial charge in [-0.15, -0.1) is 12.4 Å². The van der Waals surface area contributed by atoms with Crippen LogP contribution in [-0.2, 0) is 10.0 Å². The number of hydrogen-bond acceptors (Lipinski definition) is 5. The zero-order valence-corrected chi connectivity index (χ0v) is 13.9. The Bertz CT molecular complexity index is 621. The SMILES string of the molecule is CNCC1CCCN(S(=O)(=O)c2cccc([N+](=O)[O-])c2)C1.Cl. The molecule has 1 N–H and O–H groups in total. The predicted molar refractivity (Wildman–Crippen MR) is 85.8 cm³/mol. The van der Waals surface area contributed by atoms with E-state index in [2.05, 4.69) is 5.32 Å². The highest BCUT2D eigenvalue weighted by molar-refractivity contribution is 7.89. The molecule has 1 aromatic carbocycles. The maximum atomic E-state index is 12.6. The summed E-state index contributed by atoms with van der Waals surface area (Å²) in [4.78, 5) is 10.2. The highest BCUT2D eigenvalue weighted by atomic mass is 35.5. The van der Waals surface area contributed by atoms with Gasteiger partial charge in [0.15, 0.2) is 0 Å². The van der Waals surface area contributed by atoms with Gasteiger partial charge in [-0.1, -0.05) is 6.07 Å². The van der Waals surface area contributed by atoms with Crippen LogP contribution in [-0.4, -0.2) is 44.3 Å². The molecule has 0 radical (unpaired) electrons. The quantitative estimate of drug-likeness (QED) is 0.644. The maximum Gasteiger partial charge on any atom is 0.270 e. The van der Waals surface area contributed by atoms with Gasteiger partial charge in [0, 0.05) is 25.2 Å². The van der Waals surface area contributed by atoms with Crippen LogP contribution in [0.3, 0.4) is 0 Å². The Kier molecular flexibility index (Phi) is 6.73. The number of benzene rings is 1. The van der Waals surface area contributed by atoms with E-state index in [1.165, 1.54) is 22.5 Å². The van der Waals surface area contributed by atoms with Crippen LogP contribution in [0.15, 0.2) is 29.2 Å². The van der Waals surface area contributed by atoms with E-state index < -0.39 is 14.9 Å². The summed E-state index contributed by atoms with van der Waals surface area (Å²) in [6, 6.07) is 5.22. The molecule has 124 valence electrons. The lowest BCUT2D eigenvalue weighted by Crippen LogP contribution is -2.42. The number of nitro benzene ring substituents is 1. The highest BCUT2D eigenvalue weighted by Crippen LogP contribution is 2.25. The van der Waals surface area contributed by atoms with E-state index >= 15 is 0 Å². The second-order valence-electron chi connectivity index (χ2n) is 5.18. The Hall–Kier alpha value is -1.22. The van der Waals surface area contributed by atoms with Crippen LogP contribution in [0.2, 0.25) is 0 Å². The molecule has 1 unspecified atom stereocenters. The Balaban J connectivity index is 0.00000242. The van der Waals surface area contributed by atoms with Crippen LogP contribution in [0.5, 0.6) is 0 Å². The number of piperidine rings is 1. The van der Waals surface area contributed by atoms with E-state index in [4.69, 9.17) is 0 Å². The first kappa shape index (κ1) is 18.8. The molecule has 9 heteroatoms. The lowest BCUT2D eigenvalue weighted by atomic mass is 10.00. The number of non-ortho nitro benzene ring substituents is 1. The van der Waals surface area contributed by atoms with Crippen molar-refractivity contribution in [3.05, 3.63) is 34.4 Å². The summed E-state index contributed by atoms with van der Waals surface area (Å²) in [5.74, 6) is 0.275. The van der Waals surface area contributed by atoms with Crippen molar-refractivity contribution in [1.29, 1.82) is 0 Å². The molecule has 1 aliphatic rings. The predicted octanol–water partition coefficient (Wildman–Crippen LogP) is 1.64. The van der Waals surface area contributed by atoms with E-state index in [0.29, 0.717) is 13.1 Å². The smallest absolute Gasteiger partial charge is 0.270 e. The maximum absolute atomic E-state index is 12.6. The third-order valence-corrected chi connectivity index (χ3v) is 5.50. The molecule has 1 atom stereocenters. The average Bonchev–Trinajstić information content (AvgIpc) is 2.48. The van der Waals surface area contributed by atoms with Crippen LogP contribution >= 0.6 is 12.4 Å². The van der Waals surface area contributed by atoms with Gasteiger partial charge in [0.2, 0.25) is 10.0 Å². The van der Waals surface area contributed by atoms with Gasteiger partial charge in [-0.25, -0.2) is 8.42 Å². The average molecular weight is 350 g/mol. The monoisotopic (exact) mass is 349 g/mol. The molecule has 1 heterocycles. The number of sulfonamides is 1. The van der Waals surface area contributed by atoms with Crippen LogP contribution in [0.1, 0.15) is 12.8 Å². The van der Waals surface area contributed by atoms with Gasteiger partial charge < -0.3 is 5.32 Å². The Morgan fingerprint density at radius 2 is 2.18 bits per heavy atom. The fourth-order valence-electron chi connectivity index (χ4n) is 2.61. The number of nitro groups is 1. The van der Waals surface area contributed by atoms with Crippen molar-refractivity contribution in [2.75, 3.05) is 26.7 Å². The lowest BCUT2D eigenvalue weighted by molar-refractivity contribution is -0.385. The minimum atomic E-state index is -3.67. The molecule has 0 amide bonds. The Morgan fingerprint density at radius 3 is 2.82 bits per heavy atom. The number of nitrogens with zero attached hydrogens (tertiary/aromatic N) is 2. The first-order chi connectivity index (χ1) is 9.95. The van der Waals surface area contributed by atoms with Gasteiger partial charge in [0.05, 0.1) is 9.82 Å². The molecule has 0 saturated carbocycles. The second-order valence-corrected chi connectivity index (χ2v) is 7.12. The van der Waals surface area contributed by atoms with Crippen molar-refractivity contribution in [3.63, 3.8) is 0 Å². The molecule has 7 nitrogen and oxygen atoms in total. The molecule has 0 aromatic heterocycles. The summed E-state index contributed by atoms with van der Waals surface area (Å²) in [5, 5.41) is 13.8. The topological polar surface area (TPSA) is 92.6 Å². The van der Waals surface area contributed by atoms with Gasteiger partial charge >= 0.3 is 0 Å². The largest absolute Gasteiger partial charge is 0.319 e. The molecule has 22 heavy (non-hydrogen) atoms. The number of hydrogen-bond donors (Lipinski definition) is 1. The van der Waals surface area contributed by atoms with Crippen LogP contribution in [0, 0.1) is 16.0 Å². The summed E-state index contributed by atoms with van der Waals surface area (Å²) in [7, 11) is -1.83. The second kappa shape index (κ2) is 7.87. The van der Waals surface area contributed by atoms with Crippen molar-refractivity contribution in [2.24, 2.45) is 5.92 Å². The summed E-state index contributed by atoms with van der Waals surface area (Å²) in [5.41, 5.74) is -0.208. The van der Waals surface area contributed by atoms with Crippen LogP contribution in [0.4, 0.5) is 5.69 Å². The van der Waals surface area contributed by atoms with E-state index in [1.807, 2.05) is 7.05 Å². The summed E-state index contributed by atoms with van der Waals surface area (Å²) >= 11 is 0. The minimum absolute atomic E-state index is 0. The van der Waals surface area contributed by atoms with E-state index in [9.17, 15) is 18.5 Å². The van der Waals surface area contributed by atoms with Gasteiger partial charge in [0.25, 0.3) is 5.69 Å². The minimum Gasteiger partial charge on any atom is -0.319 e. The first-order valence-corrected chi connectivity index (χ1v) is 8.28. The lowest BCUT2D eigenvalue weighted by Gasteiger charge is -2.31. The van der Waals surface area contributed by atoms with Crippen molar-refractivity contribution in [3.8, 4) is 0 Å². The number of rotatable bonds is 5. The summed E-state index contributed by atoms with van der Waals surface area (Å²) in [6.07, 6.45) is 1.79. The molecule has 1 saturated heterocycles. The Labute approximate surface area is 136 Å². The first-order valence-electron chi connectivity index (χ1n) is 6.84. The molecular weight excluding hydrogens is 330 g/mol. The van der Waals surface area contributed by atoms with E-state index in [1.54, 1.807) is 0 Å². The zero-order valence-electron chi connectivity index (χ0n) is 12.3. The molecule has 1 aromatic rings. The van der Waals surface area contributed by atoms with Crippen LogP contribution in [0.25, 0.3) is 0 Å². The van der Waals surface area contributed by atoms with Crippen molar-refractivity contribution in [1.82, 2.24) is 9.62 Å². The van der Waals surface area contributed by atoms with Crippen molar-refractivity contribution < 1.29 is 13.3 Å². The molecule has 0 aliphatic carbocycles. The van der Waals surface area contributed by atoms with Crippen molar-refractivity contribution >= 4 is 28.1 Å². The molecule has 0 bridgehead atoms. The normalized spacial score (nSPS) is 19.4. The third-order valence-electron chi connectivity index (χ3n) is 3.64. The third kappa shape index (κ3) is 4.16. The molecule has 1 aliphatic heterocycles. The van der Waals surface area contributed by atoms with Gasteiger partial charge in [-0.05, 0) is 38.4 Å². The zero-order chi connectivity index (χ0) is 15.5. The van der Waals surface area contributed by atoms with Crippen molar-refractivity contribution in [2.45, 2.75) is 17.7 Å². The fraction of sp³-hybridized carbons (Fsp3) is 0.538. The van der Waals surface area contributed by atoms with Crippen LogP contribution < -0.4 is 5.32 Å². The van der Waals surface area contributed by atoms with E-state index in [0.717, 1.165) is 25.5 Å². The summed E-state index contributed by atoms with van der Waals surface area (Å²) in [6.45, 7) is 1.68. The van der Waals surface area contributed by atoms with Gasteiger partial charge in [-0.2, -0.15) is 4.31 Å². The molecule has 1 fully saturated rings. The number of halogens is 1. The van der Waals surface area contributed by atoms with E-state index in [-0.39, 0.29) is 28.9 Å². The Morgan fingerprint density at radius 1 is 1.45 bits per heavy atom. The molecule has 2 rings (SSSR count).